The van der Waals surface area contributed by atoms with E-state index in [4.69, 9.17) is 9.84 Å². The van der Waals surface area contributed by atoms with E-state index < -0.39 is 30.1 Å². The summed E-state index contributed by atoms with van der Waals surface area (Å²) >= 11 is 0.894. The predicted molar refractivity (Wildman–Crippen MR) is 148 cm³/mol. The summed E-state index contributed by atoms with van der Waals surface area (Å²) in [7, 11) is 0. The summed E-state index contributed by atoms with van der Waals surface area (Å²) in [6.45, 7) is 11.5. The molecule has 1 atom stereocenters. The number of rotatable bonds is 9. The van der Waals surface area contributed by atoms with Gasteiger partial charge in [-0.3, -0.25) is 9.59 Å². The maximum absolute atomic E-state index is 13.7. The molecule has 39 heavy (non-hydrogen) atoms. The van der Waals surface area contributed by atoms with E-state index in [2.05, 4.69) is 50.4 Å². The largest absolute Gasteiger partial charge is 0.482 e. The highest BCUT2D eigenvalue weighted by atomic mass is 32.1. The summed E-state index contributed by atoms with van der Waals surface area (Å²) in [5, 5.41) is 11.2. The summed E-state index contributed by atoms with van der Waals surface area (Å²) in [5.41, 5.74) is 3.19. The lowest BCUT2D eigenvalue weighted by Crippen LogP contribution is -2.34. The van der Waals surface area contributed by atoms with Crippen LogP contribution in [0.25, 0.3) is 11.1 Å². The SMILES string of the molecule is Cc1cc(OC(C)(CC(F)(F)F)c2ccc(C(=O)NCCC(=O)O)s2)cc(C)c1-c1ccc(C(C)(C)C)cc1. The number of amides is 1. The van der Waals surface area contributed by atoms with Gasteiger partial charge in [0.2, 0.25) is 0 Å². The Morgan fingerprint density at radius 1 is 0.949 bits per heavy atom. The summed E-state index contributed by atoms with van der Waals surface area (Å²) in [6.07, 6.45) is -6.04. The van der Waals surface area contributed by atoms with Crippen molar-refractivity contribution in [3.05, 3.63) is 75.0 Å². The van der Waals surface area contributed by atoms with Crippen molar-refractivity contribution in [1.29, 1.82) is 0 Å². The molecule has 2 aromatic carbocycles. The topological polar surface area (TPSA) is 75.6 Å². The Bertz CT molecular complexity index is 1320. The standard InChI is InChI=1S/C30H34F3NO4S/c1-18-15-22(16-19(2)26(18)20-7-9-21(10-8-20)28(3,4)5)38-29(6,17-30(31,32)33)24-12-11-23(39-24)27(37)34-14-13-25(35)36/h7-12,15-16H,13-14,17H2,1-6H3,(H,34,37)(H,35,36). The van der Waals surface area contributed by atoms with Crippen LogP contribution in [-0.4, -0.2) is 29.7 Å². The second-order valence-corrected chi connectivity index (χ2v) is 12.0. The number of carboxylic acid groups (broad SMARTS) is 1. The molecule has 0 saturated heterocycles. The lowest BCUT2D eigenvalue weighted by Gasteiger charge is -2.31. The quantitative estimate of drug-likeness (QED) is 0.280. The Kier molecular flexibility index (Phi) is 8.85. The van der Waals surface area contributed by atoms with Crippen LogP contribution in [0.4, 0.5) is 13.2 Å². The first-order valence-electron chi connectivity index (χ1n) is 12.6. The molecule has 210 valence electrons. The van der Waals surface area contributed by atoms with Crippen molar-refractivity contribution < 1.29 is 32.6 Å². The number of ether oxygens (including phenoxy) is 1. The number of alkyl halides is 3. The van der Waals surface area contributed by atoms with Crippen molar-refractivity contribution in [1.82, 2.24) is 5.32 Å². The fourth-order valence-electron chi connectivity index (χ4n) is 4.51. The van der Waals surface area contributed by atoms with E-state index in [1.807, 2.05) is 13.8 Å². The van der Waals surface area contributed by atoms with Gasteiger partial charge in [-0.15, -0.1) is 11.3 Å². The molecule has 0 spiro atoms. The minimum Gasteiger partial charge on any atom is -0.482 e. The summed E-state index contributed by atoms with van der Waals surface area (Å²) in [5.74, 6) is -1.31. The van der Waals surface area contributed by atoms with Gasteiger partial charge in [0.25, 0.3) is 5.91 Å². The van der Waals surface area contributed by atoms with Crippen molar-refractivity contribution >= 4 is 23.2 Å². The van der Waals surface area contributed by atoms with Crippen LogP contribution in [0, 0.1) is 13.8 Å². The first-order chi connectivity index (χ1) is 18.0. The zero-order valence-corrected chi connectivity index (χ0v) is 23.8. The van der Waals surface area contributed by atoms with E-state index in [9.17, 15) is 22.8 Å². The van der Waals surface area contributed by atoms with Gasteiger partial charge in [0.15, 0.2) is 0 Å². The number of hydrogen-bond donors (Lipinski definition) is 2. The molecule has 1 amide bonds. The van der Waals surface area contributed by atoms with Crippen LogP contribution in [0.1, 0.15) is 71.8 Å². The predicted octanol–water partition coefficient (Wildman–Crippen LogP) is 7.78. The van der Waals surface area contributed by atoms with Gasteiger partial charge in [-0.1, -0.05) is 45.0 Å². The second-order valence-electron chi connectivity index (χ2n) is 10.9. The molecule has 0 radical (unpaired) electrons. The number of halogens is 3. The smallest absolute Gasteiger partial charge is 0.393 e. The van der Waals surface area contributed by atoms with E-state index in [-0.39, 0.29) is 28.1 Å². The molecule has 0 aliphatic carbocycles. The third kappa shape index (κ3) is 7.85. The molecule has 3 rings (SSSR count). The highest BCUT2D eigenvalue weighted by Gasteiger charge is 2.43. The van der Waals surface area contributed by atoms with Gasteiger partial charge in [-0.05, 0) is 78.3 Å². The molecular weight excluding hydrogens is 527 g/mol. The summed E-state index contributed by atoms with van der Waals surface area (Å²) in [6, 6.07) is 14.6. The molecule has 1 aromatic heterocycles. The molecular formula is C30H34F3NO4S. The Labute approximate surface area is 231 Å². The Balaban J connectivity index is 1.91. The normalized spacial score (nSPS) is 13.6. The maximum Gasteiger partial charge on any atom is 0.393 e. The molecule has 0 saturated carbocycles. The van der Waals surface area contributed by atoms with E-state index >= 15 is 0 Å². The average molecular weight is 562 g/mol. The third-order valence-corrected chi connectivity index (χ3v) is 7.73. The minimum atomic E-state index is -4.53. The number of thiophene rings is 1. The molecule has 3 aromatic rings. The van der Waals surface area contributed by atoms with Crippen LogP contribution in [0.5, 0.6) is 5.75 Å². The molecule has 0 aliphatic heterocycles. The first kappa shape index (κ1) is 30.2. The summed E-state index contributed by atoms with van der Waals surface area (Å²) in [4.78, 5) is 23.5. The van der Waals surface area contributed by atoms with Gasteiger partial charge >= 0.3 is 12.1 Å². The lowest BCUT2D eigenvalue weighted by molar-refractivity contribution is -0.168. The van der Waals surface area contributed by atoms with Crippen LogP contribution in [0.3, 0.4) is 0 Å². The van der Waals surface area contributed by atoms with Crippen LogP contribution >= 0.6 is 11.3 Å². The minimum absolute atomic E-state index is 0.0179. The second kappa shape index (κ2) is 11.4. The van der Waals surface area contributed by atoms with E-state index in [1.54, 1.807) is 12.1 Å². The maximum atomic E-state index is 13.7. The highest BCUT2D eigenvalue weighted by Crippen LogP contribution is 2.42. The molecule has 0 fully saturated rings. The molecule has 0 bridgehead atoms. The van der Waals surface area contributed by atoms with Gasteiger partial charge in [-0.25, -0.2) is 0 Å². The number of carbonyl (C=O) groups excluding carboxylic acids is 1. The number of carbonyl (C=O) groups is 2. The van der Waals surface area contributed by atoms with Crippen molar-refractivity contribution in [3.63, 3.8) is 0 Å². The van der Waals surface area contributed by atoms with E-state index in [0.29, 0.717) is 5.75 Å². The van der Waals surface area contributed by atoms with Gasteiger partial charge in [-0.2, -0.15) is 13.2 Å². The number of benzene rings is 2. The molecule has 1 heterocycles. The molecule has 5 nitrogen and oxygen atoms in total. The molecule has 0 aliphatic rings. The Morgan fingerprint density at radius 2 is 1.54 bits per heavy atom. The van der Waals surface area contributed by atoms with Crippen molar-refractivity contribution in [2.24, 2.45) is 0 Å². The van der Waals surface area contributed by atoms with E-state index in [0.717, 1.165) is 33.6 Å². The van der Waals surface area contributed by atoms with Crippen molar-refractivity contribution in [2.45, 2.75) is 71.6 Å². The summed E-state index contributed by atoms with van der Waals surface area (Å²) < 4.78 is 47.2. The van der Waals surface area contributed by atoms with Crippen LogP contribution in [0.15, 0.2) is 48.5 Å². The highest BCUT2D eigenvalue weighted by molar-refractivity contribution is 7.14. The fourth-order valence-corrected chi connectivity index (χ4v) is 5.51. The molecule has 2 N–H and O–H groups in total. The number of nitrogens with one attached hydrogen (secondary N) is 1. The average Bonchev–Trinajstić information content (AvgIpc) is 3.28. The van der Waals surface area contributed by atoms with Gasteiger partial charge in [0.05, 0.1) is 17.7 Å². The van der Waals surface area contributed by atoms with Crippen molar-refractivity contribution in [2.75, 3.05) is 6.54 Å². The number of aliphatic carboxylic acids is 1. The van der Waals surface area contributed by atoms with Crippen LogP contribution in [-0.2, 0) is 15.8 Å². The van der Waals surface area contributed by atoms with Crippen LogP contribution in [0.2, 0.25) is 0 Å². The third-order valence-electron chi connectivity index (χ3n) is 6.40. The van der Waals surface area contributed by atoms with Gasteiger partial charge in [0, 0.05) is 11.4 Å². The number of hydrogen-bond acceptors (Lipinski definition) is 4. The first-order valence-corrected chi connectivity index (χ1v) is 13.4. The van der Waals surface area contributed by atoms with Crippen LogP contribution < -0.4 is 10.1 Å². The van der Waals surface area contributed by atoms with Gasteiger partial charge in [0.1, 0.15) is 11.4 Å². The van der Waals surface area contributed by atoms with Gasteiger partial charge < -0.3 is 15.2 Å². The fraction of sp³-hybridized carbons (Fsp3) is 0.400. The molecule has 9 heteroatoms. The Morgan fingerprint density at radius 3 is 2.05 bits per heavy atom. The molecule has 1 unspecified atom stereocenters. The zero-order chi connectivity index (χ0) is 29.2. The van der Waals surface area contributed by atoms with Crippen molar-refractivity contribution in [3.8, 4) is 16.9 Å². The monoisotopic (exact) mass is 561 g/mol. The number of carboxylic acids is 1. The lowest BCUT2D eigenvalue weighted by atomic mass is 9.85. The van der Waals surface area contributed by atoms with E-state index in [1.165, 1.54) is 24.6 Å². The zero-order valence-electron chi connectivity index (χ0n) is 23.0. The number of aryl methyl sites for hydroxylation is 2. The Hall–Kier alpha value is -3.33.